The van der Waals surface area contributed by atoms with Crippen molar-refractivity contribution in [3.63, 3.8) is 0 Å². The molecule has 3 rings (SSSR count). The van der Waals surface area contributed by atoms with Gasteiger partial charge in [-0.1, -0.05) is 11.6 Å². The zero-order valence-electron chi connectivity index (χ0n) is 13.5. The van der Waals surface area contributed by atoms with E-state index in [0.29, 0.717) is 22.6 Å². The van der Waals surface area contributed by atoms with Crippen LogP contribution in [0, 0.1) is 6.92 Å². The van der Waals surface area contributed by atoms with Crippen LogP contribution in [0.15, 0.2) is 30.5 Å². The van der Waals surface area contributed by atoms with Gasteiger partial charge in [0.05, 0.1) is 24.7 Å². The fraction of sp³-hybridized carbons (Fsp3) is 0.294. The van der Waals surface area contributed by atoms with E-state index in [4.69, 9.17) is 16.3 Å². The maximum atomic E-state index is 11.7. The van der Waals surface area contributed by atoms with E-state index in [2.05, 4.69) is 20.9 Å². The molecule has 0 saturated heterocycles. The van der Waals surface area contributed by atoms with Crippen LogP contribution in [-0.2, 0) is 0 Å². The van der Waals surface area contributed by atoms with Gasteiger partial charge in [-0.3, -0.25) is 5.32 Å². The van der Waals surface area contributed by atoms with Crippen molar-refractivity contribution in [1.82, 2.24) is 10.3 Å². The molecule has 0 aliphatic heterocycles. The Morgan fingerprint density at radius 3 is 2.75 bits per heavy atom. The van der Waals surface area contributed by atoms with Gasteiger partial charge in [-0.15, -0.1) is 0 Å². The van der Waals surface area contributed by atoms with E-state index in [1.54, 1.807) is 25.4 Å². The van der Waals surface area contributed by atoms with Gasteiger partial charge in [-0.05, 0) is 43.5 Å². The number of nitrogens with zero attached hydrogens (tertiary/aromatic N) is 1. The summed E-state index contributed by atoms with van der Waals surface area (Å²) in [6, 6.07) is 7.35. The van der Waals surface area contributed by atoms with Crippen molar-refractivity contribution < 1.29 is 9.53 Å². The van der Waals surface area contributed by atoms with E-state index in [-0.39, 0.29) is 6.03 Å². The molecule has 6 nitrogen and oxygen atoms in total. The third kappa shape index (κ3) is 4.08. The Bertz CT molecular complexity index is 745. The molecule has 7 heteroatoms. The smallest absolute Gasteiger partial charge is 0.320 e. The van der Waals surface area contributed by atoms with E-state index < -0.39 is 0 Å². The molecule has 1 aliphatic carbocycles. The van der Waals surface area contributed by atoms with Gasteiger partial charge in [0, 0.05) is 17.1 Å². The summed E-state index contributed by atoms with van der Waals surface area (Å²) in [5.41, 5.74) is 2.53. The van der Waals surface area contributed by atoms with Crippen molar-refractivity contribution in [2.45, 2.75) is 25.8 Å². The number of nitrogens with one attached hydrogen (secondary N) is 3. The number of methoxy groups -OCH3 is 1. The van der Waals surface area contributed by atoms with E-state index in [1.165, 1.54) is 0 Å². The maximum absolute atomic E-state index is 11.7. The van der Waals surface area contributed by atoms with E-state index in [0.717, 1.165) is 29.8 Å². The summed E-state index contributed by atoms with van der Waals surface area (Å²) in [4.78, 5) is 15.9. The fourth-order valence-electron chi connectivity index (χ4n) is 2.19. The van der Waals surface area contributed by atoms with Crippen LogP contribution in [0.4, 0.5) is 22.0 Å². The summed E-state index contributed by atoms with van der Waals surface area (Å²) in [7, 11) is 1.59. The number of carbonyl (C=O) groups is 1. The third-order valence-corrected chi connectivity index (χ3v) is 4.08. The van der Waals surface area contributed by atoms with Crippen LogP contribution in [0.25, 0.3) is 0 Å². The second kappa shape index (κ2) is 6.97. The van der Waals surface area contributed by atoms with Gasteiger partial charge in [0.2, 0.25) is 0 Å². The van der Waals surface area contributed by atoms with Gasteiger partial charge in [-0.25, -0.2) is 9.78 Å². The summed E-state index contributed by atoms with van der Waals surface area (Å²) in [5.74, 6) is 1.15. The van der Waals surface area contributed by atoms with E-state index in [9.17, 15) is 4.79 Å². The number of urea groups is 1. The maximum Gasteiger partial charge on any atom is 0.320 e. The molecule has 2 amide bonds. The lowest BCUT2D eigenvalue weighted by Gasteiger charge is -2.13. The number of halogens is 1. The number of rotatable bonds is 5. The second-order valence-electron chi connectivity index (χ2n) is 5.73. The number of carbonyl (C=O) groups excluding carboxylic acids is 1. The van der Waals surface area contributed by atoms with Crippen LogP contribution in [0.3, 0.4) is 0 Å². The van der Waals surface area contributed by atoms with Gasteiger partial charge in [0.25, 0.3) is 0 Å². The molecule has 1 aromatic carbocycles. The largest absolute Gasteiger partial charge is 0.495 e. The van der Waals surface area contributed by atoms with E-state index in [1.807, 2.05) is 19.1 Å². The number of hydrogen-bond acceptors (Lipinski definition) is 4. The molecule has 1 heterocycles. The van der Waals surface area contributed by atoms with Crippen LogP contribution < -0.4 is 20.7 Å². The normalized spacial score (nSPS) is 13.3. The molecule has 126 valence electrons. The van der Waals surface area contributed by atoms with Gasteiger partial charge < -0.3 is 15.4 Å². The fourth-order valence-corrected chi connectivity index (χ4v) is 2.35. The highest BCUT2D eigenvalue weighted by Crippen LogP contribution is 2.33. The number of ether oxygens (including phenoxy) is 1. The summed E-state index contributed by atoms with van der Waals surface area (Å²) in [6.07, 6.45) is 3.74. The first-order valence-corrected chi connectivity index (χ1v) is 8.07. The Hall–Kier alpha value is -2.47. The van der Waals surface area contributed by atoms with Crippen molar-refractivity contribution >= 4 is 34.8 Å². The quantitative estimate of drug-likeness (QED) is 0.762. The van der Waals surface area contributed by atoms with Crippen molar-refractivity contribution in [3.05, 3.63) is 41.0 Å². The molecule has 0 unspecified atom stereocenters. The minimum absolute atomic E-state index is 0.222. The highest BCUT2D eigenvalue weighted by Gasteiger charge is 2.23. The first-order chi connectivity index (χ1) is 11.5. The Morgan fingerprint density at radius 1 is 1.33 bits per heavy atom. The number of hydrogen-bond donors (Lipinski definition) is 3. The van der Waals surface area contributed by atoms with Gasteiger partial charge in [-0.2, -0.15) is 0 Å². The number of aromatic nitrogens is 1. The average molecular weight is 347 g/mol. The van der Waals surface area contributed by atoms with Crippen LogP contribution in [0.5, 0.6) is 5.75 Å². The topological polar surface area (TPSA) is 75.3 Å². The molecular weight excluding hydrogens is 328 g/mol. The molecule has 1 aliphatic rings. The SMILES string of the molecule is COc1cc(Cl)c(C)cc1Nc1ccc(NC(=O)NC2CC2)nc1. The monoisotopic (exact) mass is 346 g/mol. The first kappa shape index (κ1) is 16.4. The third-order valence-electron chi connectivity index (χ3n) is 3.68. The molecule has 24 heavy (non-hydrogen) atoms. The Morgan fingerprint density at radius 2 is 2.12 bits per heavy atom. The standard InChI is InChI=1S/C17H19ClN4O2/c1-10-7-14(15(24-2)8-13(10)18)20-12-5-6-16(19-9-12)22-17(23)21-11-3-4-11/h5-9,11,20H,3-4H2,1-2H3,(H2,19,21,22,23). The number of aryl methyl sites for hydroxylation is 1. The number of pyridine rings is 1. The van der Waals surface area contributed by atoms with Crippen molar-refractivity contribution in [1.29, 1.82) is 0 Å². The summed E-state index contributed by atoms with van der Waals surface area (Å²) >= 11 is 6.11. The lowest BCUT2D eigenvalue weighted by molar-refractivity contribution is 0.251. The Kier molecular flexibility index (Phi) is 4.76. The molecule has 0 atom stereocenters. The zero-order valence-corrected chi connectivity index (χ0v) is 14.3. The molecule has 0 spiro atoms. The highest BCUT2D eigenvalue weighted by atomic mass is 35.5. The first-order valence-electron chi connectivity index (χ1n) is 7.70. The lowest BCUT2D eigenvalue weighted by atomic mass is 10.2. The number of anilines is 3. The van der Waals surface area contributed by atoms with Gasteiger partial charge in [0.1, 0.15) is 11.6 Å². The van der Waals surface area contributed by atoms with Crippen LogP contribution >= 0.6 is 11.6 Å². The zero-order chi connectivity index (χ0) is 17.1. The van der Waals surface area contributed by atoms with Crippen molar-refractivity contribution in [2.75, 3.05) is 17.7 Å². The molecule has 3 N–H and O–H groups in total. The highest BCUT2D eigenvalue weighted by molar-refractivity contribution is 6.31. The molecule has 1 aromatic heterocycles. The predicted octanol–water partition coefficient (Wildman–Crippen LogP) is 4.08. The molecule has 0 bridgehead atoms. The van der Waals surface area contributed by atoms with E-state index >= 15 is 0 Å². The summed E-state index contributed by atoms with van der Waals surface area (Å²) in [6.45, 7) is 1.93. The minimum Gasteiger partial charge on any atom is -0.495 e. The average Bonchev–Trinajstić information content (AvgIpc) is 3.36. The Labute approximate surface area is 145 Å². The van der Waals surface area contributed by atoms with Crippen LogP contribution in [-0.4, -0.2) is 24.2 Å². The number of benzene rings is 1. The minimum atomic E-state index is -0.222. The number of amides is 2. The Balaban J connectivity index is 1.67. The van der Waals surface area contributed by atoms with Crippen molar-refractivity contribution in [2.24, 2.45) is 0 Å². The van der Waals surface area contributed by atoms with Gasteiger partial charge in [0.15, 0.2) is 0 Å². The summed E-state index contributed by atoms with van der Waals surface area (Å²) < 4.78 is 5.34. The van der Waals surface area contributed by atoms with Gasteiger partial charge >= 0.3 is 6.03 Å². The van der Waals surface area contributed by atoms with Crippen molar-refractivity contribution in [3.8, 4) is 5.75 Å². The van der Waals surface area contributed by atoms with Crippen LogP contribution in [0.2, 0.25) is 5.02 Å². The molecule has 1 fully saturated rings. The molecule has 1 saturated carbocycles. The second-order valence-corrected chi connectivity index (χ2v) is 6.14. The molecular formula is C17H19ClN4O2. The molecule has 2 aromatic rings. The van der Waals surface area contributed by atoms with Crippen LogP contribution in [0.1, 0.15) is 18.4 Å². The molecule has 0 radical (unpaired) electrons. The summed E-state index contributed by atoms with van der Waals surface area (Å²) in [5, 5.41) is 9.45. The predicted molar refractivity (Wildman–Crippen MR) is 95.4 cm³/mol. The lowest BCUT2D eigenvalue weighted by Crippen LogP contribution is -2.30.